The summed E-state index contributed by atoms with van der Waals surface area (Å²) in [4.78, 5) is 24.6. The molecule has 124 valence electrons. The summed E-state index contributed by atoms with van der Waals surface area (Å²) in [7, 11) is 0. The molecule has 0 spiro atoms. The molecule has 1 unspecified atom stereocenters. The van der Waals surface area contributed by atoms with Gasteiger partial charge in [0.2, 0.25) is 0 Å². The fraction of sp³-hybridized carbons (Fsp3) is 0.278. The van der Waals surface area contributed by atoms with E-state index in [1.54, 1.807) is 12.1 Å². The van der Waals surface area contributed by atoms with Crippen molar-refractivity contribution in [1.29, 1.82) is 0 Å². The molecule has 0 bridgehead atoms. The van der Waals surface area contributed by atoms with Crippen molar-refractivity contribution >= 4 is 11.6 Å². The van der Waals surface area contributed by atoms with Crippen molar-refractivity contribution in [3.05, 3.63) is 70.3 Å². The Hall–Kier alpha value is -2.89. The van der Waals surface area contributed by atoms with Crippen LogP contribution in [-0.2, 0) is 0 Å². The number of hydrogen-bond donors (Lipinski definition) is 0. The van der Waals surface area contributed by atoms with E-state index in [0.717, 1.165) is 19.4 Å². The second-order valence-corrected chi connectivity index (χ2v) is 5.72. The quantitative estimate of drug-likeness (QED) is 0.624. The standard InChI is InChI=1S/C18H18N2O4/c21-18(14-5-2-1-3-6-14)19-12-4-7-16(19)13-24-17-10-8-15(9-11-17)20(22)23/h1-3,5-6,8-11,16H,4,7,12-13H2. The Kier molecular flexibility index (Phi) is 4.74. The van der Waals surface area contributed by atoms with Crippen molar-refractivity contribution in [1.82, 2.24) is 4.90 Å². The first-order valence-corrected chi connectivity index (χ1v) is 7.88. The monoisotopic (exact) mass is 326 g/mol. The van der Waals surface area contributed by atoms with Crippen molar-refractivity contribution in [3.8, 4) is 5.75 Å². The molecular formula is C18H18N2O4. The lowest BCUT2D eigenvalue weighted by molar-refractivity contribution is -0.384. The van der Waals surface area contributed by atoms with E-state index in [0.29, 0.717) is 17.9 Å². The van der Waals surface area contributed by atoms with Crippen molar-refractivity contribution in [3.63, 3.8) is 0 Å². The summed E-state index contributed by atoms with van der Waals surface area (Å²) in [6.45, 7) is 1.11. The highest BCUT2D eigenvalue weighted by molar-refractivity contribution is 5.94. The van der Waals surface area contributed by atoms with Crippen LogP contribution in [0.5, 0.6) is 5.75 Å². The molecule has 24 heavy (non-hydrogen) atoms. The number of nitro benzene ring substituents is 1. The number of nitro groups is 1. The third-order valence-corrected chi connectivity index (χ3v) is 4.15. The van der Waals surface area contributed by atoms with Gasteiger partial charge in [-0.25, -0.2) is 0 Å². The number of hydrogen-bond acceptors (Lipinski definition) is 4. The van der Waals surface area contributed by atoms with Crippen LogP contribution in [-0.4, -0.2) is 34.9 Å². The van der Waals surface area contributed by atoms with Gasteiger partial charge in [0.15, 0.2) is 0 Å². The molecule has 6 heteroatoms. The zero-order chi connectivity index (χ0) is 16.9. The lowest BCUT2D eigenvalue weighted by Gasteiger charge is -2.25. The van der Waals surface area contributed by atoms with E-state index in [1.165, 1.54) is 12.1 Å². The molecule has 0 aliphatic carbocycles. The Morgan fingerprint density at radius 2 is 1.88 bits per heavy atom. The SMILES string of the molecule is O=C(c1ccccc1)N1CCCC1COc1ccc([N+](=O)[O-])cc1. The van der Waals surface area contributed by atoms with Crippen LogP contribution in [0.1, 0.15) is 23.2 Å². The minimum atomic E-state index is -0.443. The molecule has 1 aliphatic heterocycles. The highest BCUT2D eigenvalue weighted by atomic mass is 16.6. The van der Waals surface area contributed by atoms with E-state index in [2.05, 4.69) is 0 Å². The number of nitrogens with zero attached hydrogens (tertiary/aromatic N) is 2. The van der Waals surface area contributed by atoms with Gasteiger partial charge in [0.1, 0.15) is 12.4 Å². The van der Waals surface area contributed by atoms with E-state index in [9.17, 15) is 14.9 Å². The first kappa shape index (κ1) is 16.0. The van der Waals surface area contributed by atoms with Crippen LogP contribution >= 0.6 is 0 Å². The molecule has 1 fully saturated rings. The Labute approximate surface area is 139 Å². The van der Waals surface area contributed by atoms with Gasteiger partial charge in [0.25, 0.3) is 11.6 Å². The number of likely N-dealkylation sites (tertiary alicyclic amines) is 1. The zero-order valence-corrected chi connectivity index (χ0v) is 13.1. The van der Waals surface area contributed by atoms with Gasteiger partial charge in [-0.15, -0.1) is 0 Å². The Bertz CT molecular complexity index is 716. The average Bonchev–Trinajstić information content (AvgIpc) is 3.09. The predicted molar refractivity (Wildman–Crippen MR) is 89.1 cm³/mol. The molecule has 1 heterocycles. The number of rotatable bonds is 5. The summed E-state index contributed by atoms with van der Waals surface area (Å²) in [5.74, 6) is 0.588. The molecule has 0 radical (unpaired) electrons. The highest BCUT2D eigenvalue weighted by Gasteiger charge is 2.29. The number of benzene rings is 2. The van der Waals surface area contributed by atoms with E-state index >= 15 is 0 Å². The average molecular weight is 326 g/mol. The summed E-state index contributed by atoms with van der Waals surface area (Å²) in [5.41, 5.74) is 0.712. The van der Waals surface area contributed by atoms with Crippen LogP contribution in [0, 0.1) is 10.1 Å². The van der Waals surface area contributed by atoms with E-state index in [-0.39, 0.29) is 17.6 Å². The van der Waals surface area contributed by atoms with Crippen molar-refractivity contribution < 1.29 is 14.5 Å². The molecule has 3 rings (SSSR count). The van der Waals surface area contributed by atoms with Crippen LogP contribution in [0.2, 0.25) is 0 Å². The lowest BCUT2D eigenvalue weighted by Crippen LogP contribution is -2.39. The third kappa shape index (κ3) is 3.53. The van der Waals surface area contributed by atoms with E-state index in [4.69, 9.17) is 4.74 Å². The summed E-state index contributed by atoms with van der Waals surface area (Å²) < 4.78 is 5.72. The summed E-state index contributed by atoms with van der Waals surface area (Å²) in [5, 5.41) is 10.7. The van der Waals surface area contributed by atoms with E-state index < -0.39 is 4.92 Å². The molecule has 6 nitrogen and oxygen atoms in total. The first-order valence-electron chi connectivity index (χ1n) is 7.88. The van der Waals surface area contributed by atoms with Gasteiger partial charge in [0, 0.05) is 24.2 Å². The smallest absolute Gasteiger partial charge is 0.269 e. The topological polar surface area (TPSA) is 72.7 Å². The lowest BCUT2D eigenvalue weighted by atomic mass is 10.2. The maximum atomic E-state index is 12.6. The molecular weight excluding hydrogens is 308 g/mol. The summed E-state index contributed by atoms with van der Waals surface area (Å²) >= 11 is 0. The molecule has 1 saturated heterocycles. The van der Waals surface area contributed by atoms with Crippen LogP contribution in [0.15, 0.2) is 54.6 Å². The Morgan fingerprint density at radius 3 is 2.54 bits per heavy atom. The van der Waals surface area contributed by atoms with Crippen molar-refractivity contribution in [2.75, 3.05) is 13.2 Å². The minimum absolute atomic E-state index is 0.0189. The molecule has 0 saturated carbocycles. The normalized spacial score (nSPS) is 16.8. The van der Waals surface area contributed by atoms with Crippen molar-refractivity contribution in [2.24, 2.45) is 0 Å². The van der Waals surface area contributed by atoms with Crippen LogP contribution in [0.25, 0.3) is 0 Å². The molecule has 2 aromatic carbocycles. The second kappa shape index (κ2) is 7.12. The Morgan fingerprint density at radius 1 is 1.17 bits per heavy atom. The number of amides is 1. The second-order valence-electron chi connectivity index (χ2n) is 5.72. The number of carbonyl (C=O) groups excluding carboxylic acids is 1. The van der Waals surface area contributed by atoms with E-state index in [1.807, 2.05) is 35.2 Å². The van der Waals surface area contributed by atoms with Gasteiger partial charge in [-0.1, -0.05) is 18.2 Å². The van der Waals surface area contributed by atoms with Gasteiger partial charge in [-0.3, -0.25) is 14.9 Å². The largest absolute Gasteiger partial charge is 0.491 e. The number of carbonyl (C=O) groups is 1. The highest BCUT2D eigenvalue weighted by Crippen LogP contribution is 2.22. The van der Waals surface area contributed by atoms with Crippen molar-refractivity contribution in [2.45, 2.75) is 18.9 Å². The Balaban J connectivity index is 1.62. The zero-order valence-electron chi connectivity index (χ0n) is 13.1. The summed E-state index contributed by atoms with van der Waals surface area (Å²) in [6, 6.07) is 15.2. The van der Waals surface area contributed by atoms with Gasteiger partial charge < -0.3 is 9.64 Å². The first-order chi connectivity index (χ1) is 11.6. The predicted octanol–water partition coefficient (Wildman–Crippen LogP) is 3.28. The molecule has 0 N–H and O–H groups in total. The molecule has 2 aromatic rings. The number of non-ortho nitro benzene ring substituents is 1. The summed E-state index contributed by atoms with van der Waals surface area (Å²) in [6.07, 6.45) is 1.85. The number of ether oxygens (including phenoxy) is 1. The van der Waals surface area contributed by atoms with Gasteiger partial charge in [-0.2, -0.15) is 0 Å². The molecule has 1 amide bonds. The van der Waals surface area contributed by atoms with Gasteiger partial charge in [0.05, 0.1) is 11.0 Å². The minimum Gasteiger partial charge on any atom is -0.491 e. The molecule has 0 aromatic heterocycles. The third-order valence-electron chi connectivity index (χ3n) is 4.15. The molecule has 1 atom stereocenters. The van der Waals surface area contributed by atoms with Crippen LogP contribution < -0.4 is 4.74 Å². The van der Waals surface area contributed by atoms with Gasteiger partial charge in [-0.05, 0) is 37.1 Å². The van der Waals surface area contributed by atoms with Gasteiger partial charge >= 0.3 is 0 Å². The van der Waals surface area contributed by atoms with Crippen LogP contribution in [0.4, 0.5) is 5.69 Å². The fourth-order valence-electron chi connectivity index (χ4n) is 2.88. The van der Waals surface area contributed by atoms with Crippen LogP contribution in [0.3, 0.4) is 0 Å². The molecule has 1 aliphatic rings. The maximum absolute atomic E-state index is 12.6. The fourth-order valence-corrected chi connectivity index (χ4v) is 2.88. The maximum Gasteiger partial charge on any atom is 0.269 e.